The summed E-state index contributed by atoms with van der Waals surface area (Å²) >= 11 is 0. The molecular weight excluding hydrogens is 440 g/mol. The first-order valence-corrected chi connectivity index (χ1v) is 11.7. The summed E-state index contributed by atoms with van der Waals surface area (Å²) in [6.45, 7) is 2.31. The molecule has 4 aliphatic rings. The van der Waals surface area contributed by atoms with Gasteiger partial charge in [0.05, 0.1) is 6.10 Å². The summed E-state index contributed by atoms with van der Waals surface area (Å²) in [5, 5.41) is 12.2. The molecule has 9 heteroatoms. The largest absolute Gasteiger partial charge is 0.479 e. The van der Waals surface area contributed by atoms with Crippen LogP contribution >= 0.6 is 0 Å². The molecule has 34 heavy (non-hydrogen) atoms. The van der Waals surface area contributed by atoms with E-state index in [0.29, 0.717) is 47.1 Å². The van der Waals surface area contributed by atoms with Gasteiger partial charge in [-0.05, 0) is 74.6 Å². The molecule has 3 fully saturated rings. The number of amides is 1. The maximum Gasteiger partial charge on any atom is 0.332 e. The number of benzene rings is 1. The highest BCUT2D eigenvalue weighted by Gasteiger charge is 2.43. The van der Waals surface area contributed by atoms with Crippen molar-refractivity contribution in [3.8, 4) is 23.1 Å². The first kappa shape index (κ1) is 22.5. The van der Waals surface area contributed by atoms with Gasteiger partial charge in [0, 0.05) is 18.8 Å². The second-order valence-electron chi connectivity index (χ2n) is 9.17. The van der Waals surface area contributed by atoms with Crippen LogP contribution in [0.4, 0.5) is 0 Å². The maximum absolute atomic E-state index is 13.0. The Kier molecular flexibility index (Phi) is 6.28. The van der Waals surface area contributed by atoms with Gasteiger partial charge in [-0.25, -0.2) is 9.78 Å². The molecule has 0 spiro atoms. The topological polar surface area (TPSA) is 116 Å². The van der Waals surface area contributed by atoms with Crippen molar-refractivity contribution in [2.24, 2.45) is 17.8 Å². The number of carbonyl (C=O) groups is 2. The molecule has 2 bridgehead atoms. The van der Waals surface area contributed by atoms with Gasteiger partial charge in [0.15, 0.2) is 17.6 Å². The van der Waals surface area contributed by atoms with E-state index in [4.69, 9.17) is 24.1 Å². The molecule has 2 N–H and O–H groups in total. The van der Waals surface area contributed by atoms with E-state index >= 15 is 0 Å². The van der Waals surface area contributed by atoms with Crippen LogP contribution in [0.3, 0.4) is 0 Å². The van der Waals surface area contributed by atoms with Gasteiger partial charge < -0.3 is 29.4 Å². The first-order valence-electron chi connectivity index (χ1n) is 11.7. The van der Waals surface area contributed by atoms with Crippen LogP contribution in [-0.2, 0) is 9.53 Å². The predicted molar refractivity (Wildman–Crippen MR) is 120 cm³/mol. The Balaban J connectivity index is 1.19. The minimum Gasteiger partial charge on any atom is -0.479 e. The molecule has 0 saturated heterocycles. The maximum atomic E-state index is 13.0. The molecule has 2 aromatic rings. The molecule has 1 aliphatic heterocycles. The van der Waals surface area contributed by atoms with Crippen molar-refractivity contribution in [3.05, 3.63) is 42.1 Å². The number of nitrogens with one attached hydrogen (secondary N) is 1. The van der Waals surface area contributed by atoms with Gasteiger partial charge >= 0.3 is 5.97 Å². The van der Waals surface area contributed by atoms with Gasteiger partial charge in [0.1, 0.15) is 11.3 Å². The molecule has 9 nitrogen and oxygen atoms in total. The molecule has 0 radical (unpaired) electrons. The van der Waals surface area contributed by atoms with Gasteiger partial charge in [-0.1, -0.05) is 0 Å². The molecule has 3 aliphatic carbocycles. The van der Waals surface area contributed by atoms with Crippen LogP contribution in [0.5, 0.6) is 23.1 Å². The average molecular weight is 469 g/mol. The van der Waals surface area contributed by atoms with Crippen LogP contribution < -0.4 is 19.5 Å². The third-order valence-corrected chi connectivity index (χ3v) is 7.07. The third-order valence-electron chi connectivity index (χ3n) is 7.07. The fourth-order valence-corrected chi connectivity index (χ4v) is 5.25. The normalized spacial score (nSPS) is 25.6. The van der Waals surface area contributed by atoms with E-state index in [1.165, 1.54) is 0 Å². The fourth-order valence-electron chi connectivity index (χ4n) is 5.25. The number of ether oxygens (including phenoxy) is 4. The number of nitrogens with zero attached hydrogens (tertiary/aromatic N) is 1. The van der Waals surface area contributed by atoms with Crippen LogP contribution in [-0.4, -0.2) is 47.5 Å². The van der Waals surface area contributed by atoms with E-state index in [2.05, 4.69) is 10.3 Å². The summed E-state index contributed by atoms with van der Waals surface area (Å²) in [4.78, 5) is 28.4. The zero-order valence-corrected chi connectivity index (χ0v) is 18.9. The predicted octanol–water partition coefficient (Wildman–Crippen LogP) is 3.63. The van der Waals surface area contributed by atoms with E-state index in [-0.39, 0.29) is 24.7 Å². The van der Waals surface area contributed by atoms with Crippen molar-refractivity contribution in [1.29, 1.82) is 0 Å². The molecule has 6 rings (SSSR count). The zero-order valence-electron chi connectivity index (χ0n) is 18.9. The third kappa shape index (κ3) is 4.65. The second kappa shape index (κ2) is 9.50. The first-order chi connectivity index (χ1) is 16.5. The van der Waals surface area contributed by atoms with Gasteiger partial charge in [-0.15, -0.1) is 0 Å². The highest BCUT2D eigenvalue weighted by molar-refractivity contribution is 5.96. The number of pyridine rings is 1. The Morgan fingerprint density at radius 3 is 2.79 bits per heavy atom. The van der Waals surface area contributed by atoms with E-state index in [9.17, 15) is 9.59 Å². The molecule has 1 amide bonds. The van der Waals surface area contributed by atoms with Crippen LogP contribution in [0.2, 0.25) is 0 Å². The van der Waals surface area contributed by atoms with Crippen molar-refractivity contribution in [3.63, 3.8) is 0 Å². The number of aromatic nitrogens is 1. The standard InChI is InChI=1S/C25H28N2O7/c1-14(25(29)30)33-21-10-15-4-5-16(21)9-17(15)12-27-23(28)19-3-2-8-26-24(19)34-18-6-7-20-22(11-18)32-13-31-20/h2-3,6-8,11,14-17,21H,4-5,9-10,12-13H2,1H3,(H,27,28)(H,29,30). The summed E-state index contributed by atoms with van der Waals surface area (Å²) in [6, 6.07) is 8.60. The second-order valence-corrected chi connectivity index (χ2v) is 9.17. The molecular formula is C25H28N2O7. The molecule has 1 aromatic heterocycles. The molecule has 1 aromatic carbocycles. The quantitative estimate of drug-likeness (QED) is 0.603. The van der Waals surface area contributed by atoms with Crippen molar-refractivity contribution in [1.82, 2.24) is 10.3 Å². The van der Waals surface area contributed by atoms with Crippen LogP contribution in [0.1, 0.15) is 43.0 Å². The van der Waals surface area contributed by atoms with Crippen molar-refractivity contribution in [2.75, 3.05) is 13.3 Å². The van der Waals surface area contributed by atoms with Crippen molar-refractivity contribution >= 4 is 11.9 Å². The molecule has 3 saturated carbocycles. The van der Waals surface area contributed by atoms with Crippen molar-refractivity contribution < 1.29 is 33.6 Å². The van der Waals surface area contributed by atoms with Gasteiger partial charge in [-0.2, -0.15) is 0 Å². The summed E-state index contributed by atoms with van der Waals surface area (Å²) in [6.07, 6.45) is 4.66. The number of carboxylic acid groups (broad SMARTS) is 1. The lowest BCUT2D eigenvalue weighted by atomic mass is 9.63. The smallest absolute Gasteiger partial charge is 0.332 e. The molecule has 5 atom stereocenters. The Morgan fingerprint density at radius 2 is 2.00 bits per heavy atom. The Hall–Kier alpha value is -3.33. The lowest BCUT2D eigenvalue weighted by Gasteiger charge is -2.47. The summed E-state index contributed by atoms with van der Waals surface area (Å²) < 4.78 is 22.4. The summed E-state index contributed by atoms with van der Waals surface area (Å²) in [7, 11) is 0. The number of hydrogen-bond donors (Lipinski definition) is 2. The van der Waals surface area contributed by atoms with Crippen molar-refractivity contribution in [2.45, 2.75) is 44.8 Å². The summed E-state index contributed by atoms with van der Waals surface area (Å²) in [5.74, 6) is 1.88. The van der Waals surface area contributed by atoms with E-state index in [1.54, 1.807) is 43.5 Å². The fraction of sp³-hybridized carbons (Fsp3) is 0.480. The number of fused-ring (bicyclic) bond motifs is 4. The van der Waals surface area contributed by atoms with Crippen LogP contribution in [0.25, 0.3) is 0 Å². The average Bonchev–Trinajstić information content (AvgIpc) is 3.31. The van der Waals surface area contributed by atoms with Gasteiger partial charge in [0.25, 0.3) is 5.91 Å². The Morgan fingerprint density at radius 1 is 1.18 bits per heavy atom. The van der Waals surface area contributed by atoms with E-state index in [0.717, 1.165) is 25.7 Å². The molecule has 5 unspecified atom stereocenters. The van der Waals surface area contributed by atoms with Gasteiger partial charge in [0.2, 0.25) is 12.7 Å². The van der Waals surface area contributed by atoms with E-state index in [1.807, 2.05) is 0 Å². The Labute approximate surface area is 197 Å². The van der Waals surface area contributed by atoms with E-state index < -0.39 is 12.1 Å². The number of carbonyl (C=O) groups excluding carboxylic acids is 1. The number of aliphatic carboxylic acids is 1. The lowest BCUT2D eigenvalue weighted by molar-refractivity contribution is -0.162. The number of carboxylic acids is 1. The SMILES string of the molecule is CC(OC1CC2CCC1CC2CNC(=O)c1cccnc1Oc1ccc2c(c1)OCO2)C(=O)O. The zero-order chi connectivity index (χ0) is 23.7. The monoisotopic (exact) mass is 468 g/mol. The lowest BCUT2D eigenvalue weighted by Crippen LogP contribution is -2.47. The summed E-state index contributed by atoms with van der Waals surface area (Å²) in [5.41, 5.74) is 0.359. The highest BCUT2D eigenvalue weighted by Crippen LogP contribution is 2.46. The Bertz CT molecular complexity index is 1070. The molecule has 180 valence electrons. The van der Waals surface area contributed by atoms with Gasteiger partial charge in [-0.3, -0.25) is 4.79 Å². The van der Waals surface area contributed by atoms with Crippen LogP contribution in [0.15, 0.2) is 36.5 Å². The molecule has 2 heterocycles. The highest BCUT2D eigenvalue weighted by atomic mass is 16.7. The minimum atomic E-state index is -0.930. The van der Waals surface area contributed by atoms with Crippen LogP contribution in [0, 0.1) is 17.8 Å². The minimum absolute atomic E-state index is 0.0168. The number of rotatable bonds is 8. The number of hydrogen-bond acceptors (Lipinski definition) is 7.